The Hall–Kier alpha value is -12.5. The van der Waals surface area contributed by atoms with Crippen LogP contribution >= 0.6 is 46.4 Å². The van der Waals surface area contributed by atoms with Gasteiger partial charge in [-0.05, 0) is 194 Å². The Balaban J connectivity index is 0.000000131. The van der Waals surface area contributed by atoms with Crippen LogP contribution < -0.4 is 58.3 Å². The maximum Gasteiger partial charge on any atom is 0.293 e. The summed E-state index contributed by atoms with van der Waals surface area (Å²) in [6.45, 7) is 24.0. The van der Waals surface area contributed by atoms with E-state index in [0.29, 0.717) is 137 Å². The van der Waals surface area contributed by atoms with Gasteiger partial charge in [0.15, 0.2) is 46.7 Å². The second-order valence-electron chi connectivity index (χ2n) is 34.6. The van der Waals surface area contributed by atoms with Gasteiger partial charge in [0.2, 0.25) is 37.2 Å². The first-order chi connectivity index (χ1) is 64.9. The number of nitro benzene ring substituents is 1. The molecule has 0 saturated carbocycles. The predicted octanol–water partition coefficient (Wildman–Crippen LogP) is 14.7. The molecule has 11 heterocycles. The first-order valence-corrected chi connectivity index (χ1v) is 45.8. The number of hydrogen-bond donors (Lipinski definition) is 2. The Morgan fingerprint density at radius 2 is 0.860 bits per heavy atom. The van der Waals surface area contributed by atoms with Crippen LogP contribution in [0.1, 0.15) is 102 Å². The van der Waals surface area contributed by atoms with Crippen LogP contribution in [-0.4, -0.2) is 187 Å². The lowest BCUT2D eigenvalue weighted by atomic mass is 9.73. The summed E-state index contributed by atoms with van der Waals surface area (Å²) in [6.07, 6.45) is 5.42. The Labute approximate surface area is 804 Å². The number of halogens is 5. The summed E-state index contributed by atoms with van der Waals surface area (Å²) in [5, 5.41) is 18.6. The molecule has 136 heavy (non-hydrogen) atoms. The van der Waals surface area contributed by atoms with Crippen LogP contribution in [0.4, 0.5) is 21.5 Å². The molecule has 36 heteroatoms. The Kier molecular flexibility index (Phi) is 31.0. The highest BCUT2D eigenvalue weighted by molar-refractivity contribution is 6.36. The minimum Gasteiger partial charge on any atom is -0.486 e. The van der Waals surface area contributed by atoms with Crippen molar-refractivity contribution >= 4 is 122 Å². The van der Waals surface area contributed by atoms with Gasteiger partial charge in [-0.3, -0.25) is 58.1 Å². The number of carbonyl (C=O) groups excluding carboxylic acids is 10. The van der Waals surface area contributed by atoms with Gasteiger partial charge in [-0.1, -0.05) is 131 Å². The summed E-state index contributed by atoms with van der Waals surface area (Å²) < 4.78 is 78.8. The number of anilines is 2. The zero-order valence-corrected chi connectivity index (χ0v) is 79.2. The minimum absolute atomic E-state index is 0.0158. The second kappa shape index (κ2) is 42.4. The van der Waals surface area contributed by atoms with Gasteiger partial charge in [0.1, 0.15) is 60.0 Å². The number of imide groups is 2. The molecule has 8 aromatic rings. The number of nitrogens with one attached hydrogen (secondary N) is 2. The highest BCUT2D eigenvalue weighted by Gasteiger charge is 2.72. The highest BCUT2D eigenvalue weighted by atomic mass is 35.5. The molecule has 4 bridgehead atoms. The molecule has 8 aromatic carbocycles. The Morgan fingerprint density at radius 1 is 0.471 bits per heavy atom. The molecule has 11 aliphatic rings. The number of fused-ring (bicyclic) bond motifs is 13. The normalized spacial score (nSPS) is 23.7. The number of nitrogens with zero attached hydrogens (tertiary/aromatic N) is 5. The molecule has 31 nitrogen and oxygen atoms in total. The summed E-state index contributed by atoms with van der Waals surface area (Å²) in [4.78, 5) is 141. The van der Waals surface area contributed by atoms with Gasteiger partial charge < -0.3 is 77.3 Å². The Bertz CT molecular complexity index is 5830. The monoisotopic (exact) mass is 1940 g/mol. The number of hydrogen-bond acceptors (Lipinski definition) is 24. The molecule has 0 aliphatic carbocycles. The molecule has 2 N–H and O–H groups in total. The first kappa shape index (κ1) is 99.4. The number of aryl methyl sites for hydroxylation is 2. The molecule has 11 aliphatic heterocycles. The summed E-state index contributed by atoms with van der Waals surface area (Å²) >= 11 is 23.7. The van der Waals surface area contributed by atoms with Gasteiger partial charge in [0.25, 0.3) is 29.3 Å². The number of Topliss-reactive ketones (excluding diaryl/α,β-unsaturated/α-hetero) is 2. The van der Waals surface area contributed by atoms with E-state index in [9.17, 15) is 62.5 Å². The molecule has 19 rings (SSSR count). The number of rotatable bonds is 23. The second-order valence-corrected chi connectivity index (χ2v) is 36.2. The quantitative estimate of drug-likeness (QED) is 0.0260. The molecule has 6 fully saturated rings. The summed E-state index contributed by atoms with van der Waals surface area (Å²) in [5.41, 5.74) is 2.91. The molecule has 716 valence electrons. The first-order valence-electron chi connectivity index (χ1n) is 44.3. The number of ether oxygens (including phenoxy) is 12. The maximum atomic E-state index is 13.0. The van der Waals surface area contributed by atoms with Crippen molar-refractivity contribution in [3.8, 4) is 46.0 Å². The van der Waals surface area contributed by atoms with Crippen molar-refractivity contribution in [2.75, 3.05) is 76.0 Å². The third-order valence-corrected chi connectivity index (χ3v) is 25.8. The van der Waals surface area contributed by atoms with E-state index >= 15 is 0 Å². The summed E-state index contributed by atoms with van der Waals surface area (Å²) in [6, 6.07) is 43.6. The lowest BCUT2D eigenvalue weighted by Crippen LogP contribution is -2.48. The van der Waals surface area contributed by atoms with Crippen LogP contribution in [0, 0.1) is 53.5 Å². The fourth-order valence-corrected chi connectivity index (χ4v) is 18.8. The van der Waals surface area contributed by atoms with Crippen molar-refractivity contribution < 1.29 is 114 Å². The molecule has 8 amide bonds. The fourth-order valence-electron chi connectivity index (χ4n) is 17.9. The van der Waals surface area contributed by atoms with Crippen LogP contribution in [0.25, 0.3) is 0 Å². The van der Waals surface area contributed by atoms with Crippen LogP contribution in [0.3, 0.4) is 0 Å². The number of amides is 8. The van der Waals surface area contributed by atoms with Gasteiger partial charge >= 0.3 is 0 Å². The van der Waals surface area contributed by atoms with Crippen molar-refractivity contribution in [1.82, 2.24) is 20.4 Å². The molecule has 12 atom stereocenters. The number of para-hydroxylation sites is 2. The van der Waals surface area contributed by atoms with Crippen LogP contribution in [0.2, 0.25) is 20.1 Å². The van der Waals surface area contributed by atoms with E-state index in [0.717, 1.165) is 38.3 Å². The van der Waals surface area contributed by atoms with E-state index in [2.05, 4.69) is 10.6 Å². The third-order valence-electron chi connectivity index (χ3n) is 24.8. The average molecular weight is 1950 g/mol. The lowest BCUT2D eigenvalue weighted by molar-refractivity contribution is -0.384. The van der Waals surface area contributed by atoms with E-state index < -0.39 is 87.2 Å². The fraction of sp³-hybridized carbons (Fsp3) is 0.380. The zero-order chi connectivity index (χ0) is 97.4. The smallest absolute Gasteiger partial charge is 0.293 e. The van der Waals surface area contributed by atoms with Gasteiger partial charge in [-0.15, -0.1) is 0 Å². The molecule has 0 aromatic heterocycles. The van der Waals surface area contributed by atoms with Gasteiger partial charge in [0.05, 0.1) is 79.9 Å². The molecule has 6 saturated heterocycles. The molecule has 0 radical (unpaired) electrons. The van der Waals surface area contributed by atoms with E-state index in [1.165, 1.54) is 35.2 Å². The third kappa shape index (κ3) is 22.3. The predicted molar refractivity (Wildman–Crippen MR) is 498 cm³/mol. The molecular formula is C100H102Cl4FN7O24. The number of morpholine rings is 2. The van der Waals surface area contributed by atoms with E-state index in [1.54, 1.807) is 92.1 Å². The summed E-state index contributed by atoms with van der Waals surface area (Å²) in [5.74, 6) is 0.538. The van der Waals surface area contributed by atoms with Gasteiger partial charge in [-0.2, -0.15) is 0 Å². The zero-order valence-electron chi connectivity index (χ0n) is 76.2. The SMILES string of the molecule is CC(Oc1ccc(Cl)cc1Cl)C(=O)NCc1ccc2c(c1)OCO2.CC12C=CC(C)(O1)C1C(=O)N(c3ccccc3[N+](=O)[O-])C(=O)C12.CCN1CCOC(CC(=O)Cc2ccc(F)cc2)C1=O.CCN1CCOC(CC(=O)Cc2ccc3c(c2)OCCO3)C1=O.C[C@@H](Oc1ccc(Cl)cc1Cl)C(=O)NCc1ccc2c(c1)OCO2.Cc1ccc(N2C(=O)C3C(C2=O)C2(C)C=CC3(C)O2)c(C)c1. The molecule has 11 unspecified atom stereocenters. The topological polar surface area (TPSA) is 362 Å². The van der Waals surface area contributed by atoms with Crippen molar-refractivity contribution in [2.45, 2.75) is 155 Å². The largest absolute Gasteiger partial charge is 0.486 e. The van der Waals surface area contributed by atoms with Crippen molar-refractivity contribution in [1.29, 1.82) is 0 Å². The molecule has 0 spiro atoms. The molecular weight excluding hydrogens is 1840 g/mol. The van der Waals surface area contributed by atoms with Crippen molar-refractivity contribution in [3.05, 3.63) is 251 Å². The number of ketones is 2. The van der Waals surface area contributed by atoms with Crippen LogP contribution in [0.15, 0.2) is 182 Å². The number of benzene rings is 8. The number of nitro groups is 1. The number of likely N-dealkylation sites (N-methyl/N-ethyl adjacent to an activating group) is 2. The van der Waals surface area contributed by atoms with Crippen molar-refractivity contribution in [2.24, 2.45) is 23.7 Å². The highest BCUT2D eigenvalue weighted by Crippen LogP contribution is 2.60. The van der Waals surface area contributed by atoms with Crippen LogP contribution in [-0.2, 0) is 92.8 Å². The van der Waals surface area contributed by atoms with Gasteiger partial charge in [0, 0.05) is 81.1 Å². The standard InChI is InChI=1S/C18H19NO3.2C17H15Cl2NO4.C17H21NO5.C16H14N2O5.C15H18FNO3/c1-10-5-6-12(11(2)9-10)19-15(20)13-14(16(19)21)18(4)8-7-17(13,3)22-18;2*1-10(24-14-5-3-12(18)7-13(14)19)17(21)20-8-11-2-4-15-16(6-11)23-9-22-15;1-2-18-5-6-21-16(17(18)20)11-13(19)9-12-3-4-14-15(10-12)23-8-7-22-14;1-15-7-8-16(2,23-15)12-11(15)13(19)17(14(12)20)9-5-3-4-6-10(9)18(21)22;1-2-17-7-8-20-14(15(17)19)10-13(18)9-11-3-5-12(16)6-4-11/h5-9,13-14H,1-4H3;2*2-7,10H,8-9H2,1H3,(H,20,21);3-4,10,16H,2,5-9,11H2,1H3;3-8,11-12H,1-2H3;3-6,14H,2,7-10H2,1H3/t;10-;;;;/m.1..../s1. The van der Waals surface area contributed by atoms with E-state index in [4.69, 9.17) is 103 Å². The Morgan fingerprint density at radius 3 is 1.29 bits per heavy atom. The van der Waals surface area contributed by atoms with Crippen molar-refractivity contribution in [3.63, 3.8) is 0 Å². The lowest BCUT2D eigenvalue weighted by Gasteiger charge is -2.31. The number of carbonyl (C=O) groups is 10. The van der Waals surface area contributed by atoms with E-state index in [-0.39, 0.29) is 103 Å². The van der Waals surface area contributed by atoms with Crippen LogP contribution in [0.5, 0.6) is 46.0 Å². The van der Waals surface area contributed by atoms with E-state index in [1.807, 2.05) is 139 Å². The maximum absolute atomic E-state index is 13.0. The minimum atomic E-state index is -0.843. The van der Waals surface area contributed by atoms with Gasteiger partial charge in [-0.25, -0.2) is 14.2 Å². The summed E-state index contributed by atoms with van der Waals surface area (Å²) in [7, 11) is 0. The average Bonchev–Trinajstić information content (AvgIpc) is 1.52.